The van der Waals surface area contributed by atoms with Gasteiger partial charge in [0.05, 0.1) is 0 Å². The second-order valence-corrected chi connectivity index (χ2v) is 5.84. The zero-order valence-electron chi connectivity index (χ0n) is 13.6. The predicted octanol–water partition coefficient (Wildman–Crippen LogP) is 4.37. The van der Waals surface area contributed by atoms with Crippen LogP contribution in [-0.2, 0) is 0 Å². The van der Waals surface area contributed by atoms with Gasteiger partial charge in [0.1, 0.15) is 0 Å². The maximum Gasteiger partial charge on any atom is 0.0368 e. The van der Waals surface area contributed by atoms with Crippen LogP contribution in [0.25, 0.3) is 0 Å². The van der Waals surface area contributed by atoms with Crippen molar-refractivity contribution in [2.45, 2.75) is 52.9 Å². The van der Waals surface area contributed by atoms with Crippen LogP contribution < -0.4 is 10.6 Å². The molecule has 1 aromatic rings. The van der Waals surface area contributed by atoms with E-state index >= 15 is 0 Å². The number of nitrogens with zero attached hydrogens (tertiary/aromatic N) is 1. The van der Waals surface area contributed by atoms with Gasteiger partial charge in [-0.2, -0.15) is 0 Å². The summed E-state index contributed by atoms with van der Waals surface area (Å²) in [6.07, 6.45) is 6.32. The van der Waals surface area contributed by atoms with E-state index in [1.807, 2.05) is 0 Å². The van der Waals surface area contributed by atoms with Crippen LogP contribution in [0.4, 0.5) is 5.69 Å². The topological polar surface area (TPSA) is 29.3 Å². The quantitative estimate of drug-likeness (QED) is 0.687. The molecule has 114 valence electrons. The third-order valence-corrected chi connectivity index (χ3v) is 4.02. The van der Waals surface area contributed by atoms with Gasteiger partial charge in [-0.3, -0.25) is 0 Å². The minimum absolute atomic E-state index is 0.772. The standard InChI is InChI=1S/C18H32N2/c1-4-6-10-17(5-2)15-20(13-8-12-19)18-11-7-9-16(3)14-18/h7,9,11,14,17H,4-6,8,10,12-13,15,19H2,1-3H3. The predicted molar refractivity (Wildman–Crippen MR) is 90.4 cm³/mol. The monoisotopic (exact) mass is 276 g/mol. The number of hydrogen-bond donors (Lipinski definition) is 1. The minimum Gasteiger partial charge on any atom is -0.371 e. The summed E-state index contributed by atoms with van der Waals surface area (Å²) in [4.78, 5) is 2.53. The van der Waals surface area contributed by atoms with Gasteiger partial charge in [0, 0.05) is 18.8 Å². The summed E-state index contributed by atoms with van der Waals surface area (Å²) < 4.78 is 0. The van der Waals surface area contributed by atoms with Crippen molar-refractivity contribution in [1.29, 1.82) is 0 Å². The fourth-order valence-electron chi connectivity index (χ4n) is 2.66. The van der Waals surface area contributed by atoms with Gasteiger partial charge in [-0.15, -0.1) is 0 Å². The van der Waals surface area contributed by atoms with Crippen LogP contribution in [0.3, 0.4) is 0 Å². The Morgan fingerprint density at radius 1 is 1.20 bits per heavy atom. The van der Waals surface area contributed by atoms with Gasteiger partial charge < -0.3 is 10.6 Å². The van der Waals surface area contributed by atoms with Gasteiger partial charge in [-0.25, -0.2) is 0 Å². The van der Waals surface area contributed by atoms with Crippen molar-refractivity contribution in [3.63, 3.8) is 0 Å². The molecule has 0 aliphatic carbocycles. The molecule has 0 aromatic heterocycles. The summed E-state index contributed by atoms with van der Waals surface area (Å²) in [5.74, 6) is 0.799. The smallest absolute Gasteiger partial charge is 0.0368 e. The molecule has 0 amide bonds. The van der Waals surface area contributed by atoms with Gasteiger partial charge in [-0.1, -0.05) is 45.2 Å². The van der Waals surface area contributed by atoms with Crippen molar-refractivity contribution in [1.82, 2.24) is 0 Å². The molecule has 1 unspecified atom stereocenters. The first-order chi connectivity index (χ1) is 9.71. The van der Waals surface area contributed by atoms with E-state index in [1.165, 1.54) is 43.5 Å². The molecule has 0 radical (unpaired) electrons. The molecule has 2 heteroatoms. The lowest BCUT2D eigenvalue weighted by Crippen LogP contribution is -2.31. The van der Waals surface area contributed by atoms with E-state index in [0.717, 1.165) is 25.4 Å². The Balaban J connectivity index is 2.72. The maximum absolute atomic E-state index is 5.70. The third kappa shape index (κ3) is 5.96. The Labute approximate surface area is 125 Å². The van der Waals surface area contributed by atoms with Gasteiger partial charge >= 0.3 is 0 Å². The molecule has 2 N–H and O–H groups in total. The van der Waals surface area contributed by atoms with Crippen molar-refractivity contribution >= 4 is 5.69 Å². The van der Waals surface area contributed by atoms with E-state index in [2.05, 4.69) is 49.9 Å². The van der Waals surface area contributed by atoms with Crippen LogP contribution in [0.2, 0.25) is 0 Å². The molecule has 20 heavy (non-hydrogen) atoms. The molecule has 1 atom stereocenters. The summed E-state index contributed by atoms with van der Waals surface area (Å²) in [5.41, 5.74) is 8.39. The number of aryl methyl sites for hydroxylation is 1. The average molecular weight is 276 g/mol. The fourth-order valence-corrected chi connectivity index (χ4v) is 2.66. The van der Waals surface area contributed by atoms with Crippen molar-refractivity contribution < 1.29 is 0 Å². The van der Waals surface area contributed by atoms with E-state index in [9.17, 15) is 0 Å². The van der Waals surface area contributed by atoms with Gasteiger partial charge in [0.2, 0.25) is 0 Å². The number of anilines is 1. The van der Waals surface area contributed by atoms with E-state index in [4.69, 9.17) is 5.73 Å². The van der Waals surface area contributed by atoms with Crippen LogP contribution in [0.15, 0.2) is 24.3 Å². The van der Waals surface area contributed by atoms with Crippen molar-refractivity contribution in [3.05, 3.63) is 29.8 Å². The molecule has 0 aliphatic rings. The highest BCUT2D eigenvalue weighted by Gasteiger charge is 2.13. The fraction of sp³-hybridized carbons (Fsp3) is 0.667. The molecule has 0 spiro atoms. The van der Waals surface area contributed by atoms with Crippen LogP contribution >= 0.6 is 0 Å². The molecule has 1 rings (SSSR count). The average Bonchev–Trinajstić information content (AvgIpc) is 2.46. The molecule has 0 saturated heterocycles. The lowest BCUT2D eigenvalue weighted by atomic mass is 9.98. The van der Waals surface area contributed by atoms with Crippen LogP contribution in [0.1, 0.15) is 51.5 Å². The summed E-state index contributed by atoms with van der Waals surface area (Å²) in [6.45, 7) is 9.77. The minimum atomic E-state index is 0.772. The number of unbranched alkanes of at least 4 members (excludes halogenated alkanes) is 1. The Morgan fingerprint density at radius 2 is 2.00 bits per heavy atom. The Hall–Kier alpha value is -1.02. The zero-order chi connectivity index (χ0) is 14.8. The van der Waals surface area contributed by atoms with E-state index in [1.54, 1.807) is 0 Å². The second-order valence-electron chi connectivity index (χ2n) is 5.84. The number of rotatable bonds is 10. The SMILES string of the molecule is CCCCC(CC)CN(CCCN)c1cccc(C)c1. The van der Waals surface area contributed by atoms with Gasteiger partial charge in [0.15, 0.2) is 0 Å². The first kappa shape index (κ1) is 17.0. The second kappa shape index (κ2) is 9.82. The molecular weight excluding hydrogens is 244 g/mol. The molecule has 0 bridgehead atoms. The lowest BCUT2D eigenvalue weighted by molar-refractivity contribution is 0.444. The number of benzene rings is 1. The van der Waals surface area contributed by atoms with Crippen molar-refractivity contribution in [2.24, 2.45) is 11.7 Å². The van der Waals surface area contributed by atoms with E-state index in [0.29, 0.717) is 0 Å². The highest BCUT2D eigenvalue weighted by Crippen LogP contribution is 2.21. The highest BCUT2D eigenvalue weighted by molar-refractivity contribution is 5.48. The Morgan fingerprint density at radius 3 is 2.60 bits per heavy atom. The van der Waals surface area contributed by atoms with Crippen molar-refractivity contribution in [3.8, 4) is 0 Å². The summed E-state index contributed by atoms with van der Waals surface area (Å²) >= 11 is 0. The summed E-state index contributed by atoms with van der Waals surface area (Å²) in [7, 11) is 0. The summed E-state index contributed by atoms with van der Waals surface area (Å²) in [5, 5.41) is 0. The molecule has 2 nitrogen and oxygen atoms in total. The van der Waals surface area contributed by atoms with E-state index in [-0.39, 0.29) is 0 Å². The van der Waals surface area contributed by atoms with Crippen LogP contribution in [0, 0.1) is 12.8 Å². The zero-order valence-corrected chi connectivity index (χ0v) is 13.6. The molecule has 0 saturated carbocycles. The van der Waals surface area contributed by atoms with Crippen LogP contribution in [0.5, 0.6) is 0 Å². The number of nitrogens with two attached hydrogens (primary N) is 1. The third-order valence-electron chi connectivity index (χ3n) is 4.02. The molecule has 0 heterocycles. The first-order valence-electron chi connectivity index (χ1n) is 8.22. The lowest BCUT2D eigenvalue weighted by Gasteiger charge is -2.29. The molecule has 0 fully saturated rings. The highest BCUT2D eigenvalue weighted by atomic mass is 15.1. The van der Waals surface area contributed by atoms with Gasteiger partial charge in [0.25, 0.3) is 0 Å². The van der Waals surface area contributed by atoms with E-state index < -0.39 is 0 Å². The largest absolute Gasteiger partial charge is 0.371 e. The first-order valence-corrected chi connectivity index (χ1v) is 8.22. The Kier molecular flexibility index (Phi) is 8.36. The molecular formula is C18H32N2. The Bertz CT molecular complexity index is 362. The summed E-state index contributed by atoms with van der Waals surface area (Å²) in [6, 6.07) is 8.85. The normalized spacial score (nSPS) is 12.4. The number of hydrogen-bond acceptors (Lipinski definition) is 2. The van der Waals surface area contributed by atoms with Gasteiger partial charge in [-0.05, 0) is 49.9 Å². The maximum atomic E-state index is 5.70. The molecule has 1 aromatic carbocycles. The van der Waals surface area contributed by atoms with Crippen molar-refractivity contribution in [2.75, 3.05) is 24.5 Å². The van der Waals surface area contributed by atoms with Crippen LogP contribution in [-0.4, -0.2) is 19.6 Å². The molecule has 0 aliphatic heterocycles.